The fraction of sp³-hybridized carbons (Fsp3) is 0.500. The summed E-state index contributed by atoms with van der Waals surface area (Å²) in [4.78, 5) is 10.0. The highest BCUT2D eigenvalue weighted by atomic mass is 32.1. The number of aromatic nitrogens is 3. The highest BCUT2D eigenvalue weighted by Crippen LogP contribution is 2.37. The number of rotatable bonds is 4. The van der Waals surface area contributed by atoms with E-state index >= 15 is 0 Å². The summed E-state index contributed by atoms with van der Waals surface area (Å²) in [6.45, 7) is 4.89. The van der Waals surface area contributed by atoms with Crippen molar-refractivity contribution in [3.8, 4) is 0 Å². The van der Waals surface area contributed by atoms with Gasteiger partial charge in [0.2, 0.25) is 5.95 Å². The number of hydrogen-bond donors (Lipinski definition) is 1. The molecule has 2 aromatic rings. The highest BCUT2D eigenvalue weighted by molar-refractivity contribution is 7.11. The van der Waals surface area contributed by atoms with E-state index in [1.807, 2.05) is 20.0 Å². The van der Waals surface area contributed by atoms with Crippen LogP contribution < -0.4 is 5.32 Å². The van der Waals surface area contributed by atoms with Crippen LogP contribution in [0.2, 0.25) is 0 Å². The fourth-order valence-corrected chi connectivity index (χ4v) is 2.67. The van der Waals surface area contributed by atoms with Crippen LogP contribution in [0.3, 0.4) is 0 Å². The molecule has 0 saturated heterocycles. The summed E-state index contributed by atoms with van der Waals surface area (Å²) in [7, 11) is 0. The van der Waals surface area contributed by atoms with Gasteiger partial charge in [-0.25, -0.2) is 9.97 Å². The molecule has 0 unspecified atom stereocenters. The van der Waals surface area contributed by atoms with E-state index in [0.29, 0.717) is 6.04 Å². The average molecular weight is 248 g/mol. The third-order valence-electron chi connectivity index (χ3n) is 2.88. The molecule has 0 bridgehead atoms. The lowest BCUT2D eigenvalue weighted by Crippen LogP contribution is -2.05. The Hall–Kier alpha value is -1.36. The Morgan fingerprint density at radius 2 is 2.29 bits per heavy atom. The SMILES string of the molecule is Cc1cn(C2CC2)c(NCc2cnc(C)s2)n1. The Kier molecular flexibility index (Phi) is 2.63. The van der Waals surface area contributed by atoms with Crippen molar-refractivity contribution < 1.29 is 0 Å². The molecule has 3 rings (SSSR count). The van der Waals surface area contributed by atoms with Gasteiger partial charge in [0.25, 0.3) is 0 Å². The van der Waals surface area contributed by atoms with E-state index in [1.165, 1.54) is 17.7 Å². The summed E-state index contributed by atoms with van der Waals surface area (Å²) < 4.78 is 2.27. The van der Waals surface area contributed by atoms with Gasteiger partial charge in [-0.3, -0.25) is 0 Å². The van der Waals surface area contributed by atoms with E-state index in [4.69, 9.17) is 0 Å². The van der Waals surface area contributed by atoms with Gasteiger partial charge in [0.1, 0.15) is 0 Å². The van der Waals surface area contributed by atoms with Crippen LogP contribution in [0.1, 0.15) is 34.5 Å². The second-order valence-electron chi connectivity index (χ2n) is 4.54. The number of nitrogens with zero attached hydrogens (tertiary/aromatic N) is 3. The maximum atomic E-state index is 4.53. The molecule has 2 aromatic heterocycles. The number of nitrogens with one attached hydrogen (secondary N) is 1. The van der Waals surface area contributed by atoms with Crippen LogP contribution in [0.5, 0.6) is 0 Å². The monoisotopic (exact) mass is 248 g/mol. The second-order valence-corrected chi connectivity index (χ2v) is 5.86. The Morgan fingerprint density at radius 1 is 1.47 bits per heavy atom. The van der Waals surface area contributed by atoms with Gasteiger partial charge in [0.05, 0.1) is 17.2 Å². The third-order valence-corrected chi connectivity index (χ3v) is 3.80. The molecule has 0 aromatic carbocycles. The smallest absolute Gasteiger partial charge is 0.203 e. The first-order valence-corrected chi connectivity index (χ1v) is 6.74. The van der Waals surface area contributed by atoms with Gasteiger partial charge in [-0.05, 0) is 26.7 Å². The quantitative estimate of drug-likeness (QED) is 0.904. The van der Waals surface area contributed by atoms with Crippen LogP contribution in [0.15, 0.2) is 12.4 Å². The first-order chi connectivity index (χ1) is 8.22. The summed E-state index contributed by atoms with van der Waals surface area (Å²) in [5.74, 6) is 0.996. The number of anilines is 1. The van der Waals surface area contributed by atoms with Crippen LogP contribution in [0, 0.1) is 13.8 Å². The van der Waals surface area contributed by atoms with Crippen molar-refractivity contribution in [1.29, 1.82) is 0 Å². The molecule has 5 heteroatoms. The van der Waals surface area contributed by atoms with Crippen LogP contribution in [-0.4, -0.2) is 14.5 Å². The Labute approximate surface area is 105 Å². The minimum absolute atomic E-state index is 0.668. The zero-order valence-corrected chi connectivity index (χ0v) is 10.9. The van der Waals surface area contributed by atoms with E-state index in [1.54, 1.807) is 11.3 Å². The standard InChI is InChI=1S/C12H16N4S/c1-8-7-16(10-3-4-10)12(15-8)14-6-11-5-13-9(2)17-11/h5,7,10H,3-4,6H2,1-2H3,(H,14,15). The summed E-state index contributed by atoms with van der Waals surface area (Å²) in [5, 5.41) is 4.52. The van der Waals surface area contributed by atoms with Gasteiger partial charge in [-0.1, -0.05) is 0 Å². The molecule has 17 heavy (non-hydrogen) atoms. The molecule has 0 aliphatic heterocycles. The van der Waals surface area contributed by atoms with Crippen LogP contribution in [0.4, 0.5) is 5.95 Å². The zero-order valence-electron chi connectivity index (χ0n) is 10.1. The molecule has 4 nitrogen and oxygen atoms in total. The maximum Gasteiger partial charge on any atom is 0.203 e. The van der Waals surface area contributed by atoms with Gasteiger partial charge in [0, 0.05) is 23.3 Å². The molecule has 0 radical (unpaired) electrons. The molecule has 0 spiro atoms. The molecule has 1 fully saturated rings. The Bertz CT molecular complexity index is 524. The van der Waals surface area contributed by atoms with Gasteiger partial charge >= 0.3 is 0 Å². The van der Waals surface area contributed by atoms with E-state index in [2.05, 4.69) is 26.0 Å². The molecule has 0 amide bonds. The molecule has 1 aliphatic rings. The topological polar surface area (TPSA) is 42.7 Å². The number of imidazole rings is 1. The largest absolute Gasteiger partial charge is 0.351 e. The molecule has 1 aliphatic carbocycles. The molecule has 1 N–H and O–H groups in total. The highest BCUT2D eigenvalue weighted by Gasteiger charge is 2.26. The number of aryl methyl sites for hydroxylation is 2. The average Bonchev–Trinajstić information content (AvgIpc) is 2.95. The lowest BCUT2D eigenvalue weighted by molar-refractivity contribution is 0.743. The van der Waals surface area contributed by atoms with Crippen LogP contribution in [-0.2, 0) is 6.54 Å². The maximum absolute atomic E-state index is 4.53. The predicted molar refractivity (Wildman–Crippen MR) is 69.4 cm³/mol. The Morgan fingerprint density at radius 3 is 2.94 bits per heavy atom. The number of hydrogen-bond acceptors (Lipinski definition) is 4. The molecular formula is C12H16N4S. The summed E-state index contributed by atoms with van der Waals surface area (Å²) in [5.41, 5.74) is 1.08. The predicted octanol–water partition coefficient (Wildman–Crippen LogP) is 2.90. The van der Waals surface area contributed by atoms with Crippen LogP contribution >= 0.6 is 11.3 Å². The normalized spacial score (nSPS) is 15.2. The van der Waals surface area contributed by atoms with Crippen molar-refractivity contribution in [1.82, 2.24) is 14.5 Å². The lowest BCUT2D eigenvalue weighted by Gasteiger charge is -2.07. The van der Waals surface area contributed by atoms with Gasteiger partial charge in [-0.15, -0.1) is 11.3 Å². The van der Waals surface area contributed by atoms with Crippen molar-refractivity contribution in [3.63, 3.8) is 0 Å². The summed E-state index contributed by atoms with van der Waals surface area (Å²) >= 11 is 1.73. The molecule has 90 valence electrons. The molecule has 1 saturated carbocycles. The second kappa shape index (κ2) is 4.14. The van der Waals surface area contributed by atoms with E-state index in [-0.39, 0.29) is 0 Å². The fourth-order valence-electron chi connectivity index (χ4n) is 1.93. The van der Waals surface area contributed by atoms with Crippen molar-refractivity contribution in [3.05, 3.63) is 28.0 Å². The van der Waals surface area contributed by atoms with Crippen molar-refractivity contribution in [2.24, 2.45) is 0 Å². The van der Waals surface area contributed by atoms with E-state index in [0.717, 1.165) is 23.2 Å². The van der Waals surface area contributed by atoms with Crippen LogP contribution in [0.25, 0.3) is 0 Å². The van der Waals surface area contributed by atoms with Crippen molar-refractivity contribution in [2.75, 3.05) is 5.32 Å². The minimum Gasteiger partial charge on any atom is -0.351 e. The van der Waals surface area contributed by atoms with E-state index in [9.17, 15) is 0 Å². The van der Waals surface area contributed by atoms with Gasteiger partial charge in [0.15, 0.2) is 0 Å². The zero-order chi connectivity index (χ0) is 11.8. The minimum atomic E-state index is 0.668. The third kappa shape index (κ3) is 2.34. The van der Waals surface area contributed by atoms with Gasteiger partial charge in [-0.2, -0.15) is 0 Å². The molecular weight excluding hydrogens is 232 g/mol. The summed E-state index contributed by atoms with van der Waals surface area (Å²) in [6, 6.07) is 0.668. The van der Waals surface area contributed by atoms with E-state index < -0.39 is 0 Å². The first kappa shape index (κ1) is 10.8. The van der Waals surface area contributed by atoms with Gasteiger partial charge < -0.3 is 9.88 Å². The molecule has 2 heterocycles. The number of thiazole rings is 1. The molecule has 0 atom stereocenters. The first-order valence-electron chi connectivity index (χ1n) is 5.93. The lowest BCUT2D eigenvalue weighted by atomic mass is 10.5. The van der Waals surface area contributed by atoms with Crippen molar-refractivity contribution in [2.45, 2.75) is 39.3 Å². The summed E-state index contributed by atoms with van der Waals surface area (Å²) in [6.07, 6.45) is 6.64. The van der Waals surface area contributed by atoms with Crippen molar-refractivity contribution >= 4 is 17.3 Å². The Balaban J connectivity index is 1.72.